The minimum absolute atomic E-state index is 0.0731. The van der Waals surface area contributed by atoms with Gasteiger partial charge in [-0.3, -0.25) is 14.7 Å². The topological polar surface area (TPSA) is 98.9 Å². The lowest BCUT2D eigenvalue weighted by atomic mass is 9.92. The zero-order chi connectivity index (χ0) is 15.5. The lowest BCUT2D eigenvalue weighted by molar-refractivity contribution is -0.128. The average Bonchev–Trinajstić information content (AvgIpc) is 2.89. The minimum Gasteiger partial charge on any atom is -0.356 e. The Balaban J connectivity index is 1.99. The van der Waals surface area contributed by atoms with E-state index in [9.17, 15) is 9.59 Å². The second kappa shape index (κ2) is 6.26. The van der Waals surface area contributed by atoms with Crippen LogP contribution in [0.15, 0.2) is 0 Å². The van der Waals surface area contributed by atoms with Gasteiger partial charge in [-0.1, -0.05) is 0 Å². The monoisotopic (exact) mass is 293 g/mol. The van der Waals surface area contributed by atoms with Crippen molar-refractivity contribution in [2.45, 2.75) is 33.7 Å². The minimum atomic E-state index is -0.652. The largest absolute Gasteiger partial charge is 0.356 e. The first kappa shape index (κ1) is 15.5. The lowest BCUT2D eigenvalue weighted by Gasteiger charge is -2.23. The summed E-state index contributed by atoms with van der Waals surface area (Å²) in [6.07, 6.45) is 0.847. The van der Waals surface area contributed by atoms with Crippen molar-refractivity contribution < 1.29 is 9.59 Å². The van der Waals surface area contributed by atoms with Crippen molar-refractivity contribution >= 4 is 11.8 Å². The van der Waals surface area contributed by atoms with Gasteiger partial charge in [0.05, 0.1) is 5.41 Å². The summed E-state index contributed by atoms with van der Waals surface area (Å²) in [5.41, 5.74) is 1.71. The van der Waals surface area contributed by atoms with Crippen molar-refractivity contribution in [1.82, 2.24) is 26.1 Å². The van der Waals surface area contributed by atoms with Crippen LogP contribution in [0.1, 0.15) is 42.5 Å². The van der Waals surface area contributed by atoms with E-state index < -0.39 is 5.41 Å². The molecule has 1 aliphatic heterocycles. The third kappa shape index (κ3) is 3.41. The van der Waals surface area contributed by atoms with Gasteiger partial charge in [0.15, 0.2) is 5.69 Å². The van der Waals surface area contributed by atoms with Gasteiger partial charge in [-0.2, -0.15) is 5.10 Å². The van der Waals surface area contributed by atoms with Crippen molar-refractivity contribution in [1.29, 1.82) is 0 Å². The van der Waals surface area contributed by atoms with Crippen LogP contribution in [-0.2, 0) is 17.8 Å². The second-order valence-corrected chi connectivity index (χ2v) is 5.88. The van der Waals surface area contributed by atoms with Gasteiger partial charge in [0.25, 0.3) is 5.91 Å². The van der Waals surface area contributed by atoms with Gasteiger partial charge in [-0.05, 0) is 20.8 Å². The number of aromatic nitrogens is 2. The SMILES string of the molecule is CCNC(=O)C(C)(C)CNC(=O)c1n[nH]c2c1CNCC2. The summed E-state index contributed by atoms with van der Waals surface area (Å²) in [7, 11) is 0. The fourth-order valence-electron chi connectivity index (χ4n) is 2.28. The Morgan fingerprint density at radius 3 is 2.81 bits per heavy atom. The molecule has 2 heterocycles. The quantitative estimate of drug-likeness (QED) is 0.611. The Morgan fingerprint density at radius 1 is 1.33 bits per heavy atom. The fraction of sp³-hybridized carbons (Fsp3) is 0.643. The van der Waals surface area contributed by atoms with E-state index in [4.69, 9.17) is 0 Å². The van der Waals surface area contributed by atoms with Gasteiger partial charge in [-0.25, -0.2) is 0 Å². The molecule has 0 fully saturated rings. The highest BCUT2D eigenvalue weighted by molar-refractivity contribution is 5.94. The molecule has 0 saturated heterocycles. The van der Waals surface area contributed by atoms with Gasteiger partial charge in [-0.15, -0.1) is 0 Å². The molecule has 0 bridgehead atoms. The third-order valence-corrected chi connectivity index (χ3v) is 3.66. The number of H-pyrrole nitrogens is 1. The summed E-state index contributed by atoms with van der Waals surface area (Å²) < 4.78 is 0. The first-order chi connectivity index (χ1) is 9.95. The van der Waals surface area contributed by atoms with Crippen molar-refractivity contribution in [3.05, 3.63) is 17.0 Å². The number of aromatic amines is 1. The number of nitrogens with zero attached hydrogens (tertiary/aromatic N) is 1. The third-order valence-electron chi connectivity index (χ3n) is 3.66. The molecule has 0 aliphatic carbocycles. The number of rotatable bonds is 5. The van der Waals surface area contributed by atoms with Crippen molar-refractivity contribution in [2.24, 2.45) is 5.41 Å². The van der Waals surface area contributed by atoms with E-state index >= 15 is 0 Å². The van der Waals surface area contributed by atoms with Gasteiger partial charge in [0.2, 0.25) is 5.91 Å². The molecular weight excluding hydrogens is 270 g/mol. The molecule has 7 nitrogen and oxygen atoms in total. The Hall–Kier alpha value is -1.89. The molecule has 2 rings (SSSR count). The van der Waals surface area contributed by atoms with Crippen LogP contribution >= 0.6 is 0 Å². The van der Waals surface area contributed by atoms with Gasteiger partial charge in [0.1, 0.15) is 0 Å². The molecule has 2 amide bonds. The average molecular weight is 293 g/mol. The normalized spacial score (nSPS) is 14.4. The maximum atomic E-state index is 12.3. The molecule has 0 radical (unpaired) electrons. The van der Waals surface area contributed by atoms with Gasteiger partial charge >= 0.3 is 0 Å². The van der Waals surface area contributed by atoms with Crippen LogP contribution in [0.3, 0.4) is 0 Å². The molecule has 1 aromatic rings. The molecule has 1 aliphatic rings. The van der Waals surface area contributed by atoms with E-state index in [1.54, 1.807) is 13.8 Å². The van der Waals surface area contributed by atoms with E-state index in [1.165, 1.54) is 0 Å². The Kier molecular flexibility index (Phi) is 4.62. The van der Waals surface area contributed by atoms with E-state index in [0.717, 1.165) is 24.2 Å². The van der Waals surface area contributed by atoms with Crippen LogP contribution in [0.5, 0.6) is 0 Å². The Labute approximate surface area is 124 Å². The van der Waals surface area contributed by atoms with Crippen LogP contribution in [-0.4, -0.2) is 41.6 Å². The van der Waals surface area contributed by atoms with Crippen molar-refractivity contribution in [3.8, 4) is 0 Å². The van der Waals surface area contributed by atoms with Crippen LogP contribution in [0.4, 0.5) is 0 Å². The molecule has 0 atom stereocenters. The van der Waals surface area contributed by atoms with E-state index in [1.807, 2.05) is 6.92 Å². The summed E-state index contributed by atoms with van der Waals surface area (Å²) in [6, 6.07) is 0. The highest BCUT2D eigenvalue weighted by atomic mass is 16.2. The maximum Gasteiger partial charge on any atom is 0.272 e. The summed E-state index contributed by atoms with van der Waals surface area (Å²) >= 11 is 0. The molecule has 0 spiro atoms. The van der Waals surface area contributed by atoms with E-state index in [0.29, 0.717) is 18.8 Å². The predicted octanol–water partition coefficient (Wildman–Crippen LogP) is -0.0525. The first-order valence-electron chi connectivity index (χ1n) is 7.29. The highest BCUT2D eigenvalue weighted by Crippen LogP contribution is 2.17. The number of carbonyl (C=O) groups excluding carboxylic acids is 2. The summed E-state index contributed by atoms with van der Waals surface area (Å²) in [5, 5.41) is 15.8. The fourth-order valence-corrected chi connectivity index (χ4v) is 2.28. The number of hydrogen-bond acceptors (Lipinski definition) is 4. The van der Waals surface area contributed by atoms with E-state index in [-0.39, 0.29) is 18.4 Å². The maximum absolute atomic E-state index is 12.3. The molecule has 21 heavy (non-hydrogen) atoms. The van der Waals surface area contributed by atoms with Crippen LogP contribution in [0.25, 0.3) is 0 Å². The van der Waals surface area contributed by atoms with Crippen LogP contribution < -0.4 is 16.0 Å². The number of amides is 2. The Bertz CT molecular complexity index is 535. The molecule has 116 valence electrons. The molecule has 0 aromatic carbocycles. The van der Waals surface area contributed by atoms with Crippen LogP contribution in [0, 0.1) is 5.41 Å². The van der Waals surface area contributed by atoms with Crippen molar-refractivity contribution in [3.63, 3.8) is 0 Å². The molecular formula is C14H23N5O2. The first-order valence-corrected chi connectivity index (χ1v) is 7.29. The number of nitrogens with one attached hydrogen (secondary N) is 4. The zero-order valence-electron chi connectivity index (χ0n) is 12.8. The highest BCUT2D eigenvalue weighted by Gasteiger charge is 2.29. The van der Waals surface area contributed by atoms with Gasteiger partial charge < -0.3 is 16.0 Å². The van der Waals surface area contributed by atoms with Gasteiger partial charge in [0, 0.05) is 43.9 Å². The second-order valence-electron chi connectivity index (χ2n) is 5.88. The smallest absolute Gasteiger partial charge is 0.272 e. The summed E-state index contributed by atoms with van der Waals surface area (Å²) in [6.45, 7) is 7.87. The predicted molar refractivity (Wildman–Crippen MR) is 78.8 cm³/mol. The standard InChI is InChI=1S/C14H23N5O2/c1-4-16-13(21)14(2,3)8-17-12(20)11-9-7-15-6-5-10(9)18-19-11/h15H,4-8H2,1-3H3,(H,16,21)(H,17,20)(H,18,19). The number of fused-ring (bicyclic) bond motifs is 1. The summed E-state index contributed by atoms with van der Waals surface area (Å²) in [4.78, 5) is 24.2. The van der Waals surface area contributed by atoms with Crippen molar-refractivity contribution in [2.75, 3.05) is 19.6 Å². The molecule has 7 heteroatoms. The zero-order valence-corrected chi connectivity index (χ0v) is 12.8. The lowest BCUT2D eigenvalue weighted by Crippen LogP contribution is -2.45. The molecule has 0 saturated carbocycles. The van der Waals surface area contributed by atoms with Crippen LogP contribution in [0.2, 0.25) is 0 Å². The molecule has 1 aromatic heterocycles. The number of carbonyl (C=O) groups is 2. The number of hydrogen-bond donors (Lipinski definition) is 4. The molecule has 4 N–H and O–H groups in total. The van der Waals surface area contributed by atoms with E-state index in [2.05, 4.69) is 26.1 Å². The Morgan fingerprint density at radius 2 is 2.10 bits per heavy atom. The molecule has 0 unspecified atom stereocenters. The summed E-state index contributed by atoms with van der Waals surface area (Å²) in [5.74, 6) is -0.315.